The van der Waals surface area contributed by atoms with E-state index in [-0.39, 0.29) is 11.8 Å². The van der Waals surface area contributed by atoms with Crippen LogP contribution in [0.5, 0.6) is 0 Å². The molecule has 2 amide bonds. The normalized spacial score (nSPS) is 14.1. The van der Waals surface area contributed by atoms with Crippen LogP contribution >= 0.6 is 0 Å². The van der Waals surface area contributed by atoms with E-state index >= 15 is 0 Å². The Hall–Kier alpha value is -1.10. The van der Waals surface area contributed by atoms with Crippen LogP contribution in [-0.2, 0) is 9.59 Å². The van der Waals surface area contributed by atoms with Crippen LogP contribution in [0.25, 0.3) is 0 Å². The summed E-state index contributed by atoms with van der Waals surface area (Å²) in [6, 6.07) is -1.06. The number of carbonyl (C=O) groups is 2. The van der Waals surface area contributed by atoms with Crippen molar-refractivity contribution in [2.45, 2.75) is 45.7 Å². The van der Waals surface area contributed by atoms with Crippen LogP contribution in [0.2, 0.25) is 0 Å². The number of nitrogens with one attached hydrogen (secondary N) is 2. The molecule has 0 aliphatic carbocycles. The molecule has 2 unspecified atom stereocenters. The highest BCUT2D eigenvalue weighted by Crippen LogP contribution is 1.89. The molecule has 0 fully saturated rings. The van der Waals surface area contributed by atoms with Gasteiger partial charge in [-0.2, -0.15) is 0 Å². The second-order valence-electron chi connectivity index (χ2n) is 3.54. The Balaban J connectivity index is 3.95. The van der Waals surface area contributed by atoms with Crippen molar-refractivity contribution in [3.8, 4) is 0 Å². The topological polar surface area (TPSA) is 84.2 Å². The average Bonchev–Trinajstić information content (AvgIpc) is 2.24. The van der Waals surface area contributed by atoms with Crippen molar-refractivity contribution in [2.75, 3.05) is 6.54 Å². The van der Waals surface area contributed by atoms with Gasteiger partial charge >= 0.3 is 0 Å². The van der Waals surface area contributed by atoms with Crippen molar-refractivity contribution in [1.82, 2.24) is 10.6 Å². The van der Waals surface area contributed by atoms with Crippen LogP contribution < -0.4 is 16.4 Å². The first-order valence-electron chi connectivity index (χ1n) is 5.36. The third-order valence-corrected chi connectivity index (χ3v) is 2.08. The zero-order valence-corrected chi connectivity index (χ0v) is 9.67. The van der Waals surface area contributed by atoms with E-state index in [1.165, 1.54) is 0 Å². The Morgan fingerprint density at radius 2 is 1.87 bits per heavy atom. The van der Waals surface area contributed by atoms with Crippen LogP contribution in [0, 0.1) is 0 Å². The van der Waals surface area contributed by atoms with Crippen molar-refractivity contribution in [1.29, 1.82) is 0 Å². The van der Waals surface area contributed by atoms with Crippen molar-refractivity contribution in [3.05, 3.63) is 0 Å². The lowest BCUT2D eigenvalue weighted by Gasteiger charge is -2.16. The summed E-state index contributed by atoms with van der Waals surface area (Å²) >= 11 is 0. The van der Waals surface area contributed by atoms with Gasteiger partial charge in [-0.3, -0.25) is 9.59 Å². The molecule has 88 valence electrons. The van der Waals surface area contributed by atoms with Gasteiger partial charge < -0.3 is 16.4 Å². The molecule has 0 bridgehead atoms. The van der Waals surface area contributed by atoms with Crippen LogP contribution in [0.1, 0.15) is 33.6 Å². The highest BCUT2D eigenvalue weighted by Gasteiger charge is 2.18. The minimum absolute atomic E-state index is 0.173. The molecule has 2 atom stereocenters. The van der Waals surface area contributed by atoms with E-state index in [2.05, 4.69) is 10.6 Å². The summed E-state index contributed by atoms with van der Waals surface area (Å²) in [5.41, 5.74) is 5.52. The average molecular weight is 215 g/mol. The van der Waals surface area contributed by atoms with Crippen LogP contribution in [-0.4, -0.2) is 30.4 Å². The maximum absolute atomic E-state index is 11.4. The Morgan fingerprint density at radius 1 is 1.27 bits per heavy atom. The molecule has 0 heterocycles. The van der Waals surface area contributed by atoms with Crippen molar-refractivity contribution in [2.24, 2.45) is 5.73 Å². The third kappa shape index (κ3) is 5.37. The summed E-state index contributed by atoms with van der Waals surface area (Å²) in [5, 5.41) is 5.26. The number of rotatable bonds is 6. The molecule has 0 saturated heterocycles. The summed E-state index contributed by atoms with van der Waals surface area (Å²) in [7, 11) is 0. The summed E-state index contributed by atoms with van der Waals surface area (Å²) in [6.07, 6.45) is 1.44. The van der Waals surface area contributed by atoms with E-state index in [0.29, 0.717) is 13.0 Å². The standard InChI is InChI=1S/C10H21N3O2/c1-4-6-12-9(14)7(3)13-10(15)8(11)5-2/h7-8H,4-6,11H2,1-3H3,(H,12,14)(H,13,15). The first-order chi connectivity index (χ1) is 7.02. The minimum Gasteiger partial charge on any atom is -0.354 e. The van der Waals surface area contributed by atoms with E-state index < -0.39 is 12.1 Å². The Labute approximate surface area is 90.8 Å². The van der Waals surface area contributed by atoms with Gasteiger partial charge in [-0.05, 0) is 19.8 Å². The van der Waals surface area contributed by atoms with Gasteiger partial charge in [0.15, 0.2) is 0 Å². The SMILES string of the molecule is CCCNC(=O)C(C)NC(=O)C(N)CC. The molecule has 0 spiro atoms. The fraction of sp³-hybridized carbons (Fsp3) is 0.800. The molecular weight excluding hydrogens is 194 g/mol. The maximum Gasteiger partial charge on any atom is 0.242 e. The molecule has 0 aliphatic heterocycles. The Kier molecular flexibility index (Phi) is 6.70. The molecule has 0 aromatic rings. The molecular formula is C10H21N3O2. The number of hydrogen-bond acceptors (Lipinski definition) is 3. The molecule has 0 saturated carbocycles. The molecule has 0 radical (unpaired) electrons. The summed E-state index contributed by atoms with van der Waals surface area (Å²) in [4.78, 5) is 22.7. The summed E-state index contributed by atoms with van der Waals surface area (Å²) < 4.78 is 0. The van der Waals surface area contributed by atoms with Crippen LogP contribution in [0.15, 0.2) is 0 Å². The number of nitrogens with two attached hydrogens (primary N) is 1. The summed E-state index contributed by atoms with van der Waals surface area (Å²) in [6.45, 7) is 6.06. The number of amides is 2. The van der Waals surface area contributed by atoms with Crippen molar-refractivity contribution >= 4 is 11.8 Å². The molecule has 4 N–H and O–H groups in total. The van der Waals surface area contributed by atoms with Crippen molar-refractivity contribution < 1.29 is 9.59 Å². The first-order valence-corrected chi connectivity index (χ1v) is 5.36. The van der Waals surface area contributed by atoms with E-state index in [0.717, 1.165) is 6.42 Å². The summed E-state index contributed by atoms with van der Waals surface area (Å²) in [5.74, 6) is -0.454. The van der Waals surface area contributed by atoms with Gasteiger partial charge in [0.1, 0.15) is 6.04 Å². The number of carbonyl (C=O) groups excluding carboxylic acids is 2. The maximum atomic E-state index is 11.4. The molecule has 5 nitrogen and oxygen atoms in total. The fourth-order valence-electron chi connectivity index (χ4n) is 0.973. The molecule has 15 heavy (non-hydrogen) atoms. The van der Waals surface area contributed by atoms with E-state index in [9.17, 15) is 9.59 Å². The van der Waals surface area contributed by atoms with E-state index in [1.54, 1.807) is 6.92 Å². The van der Waals surface area contributed by atoms with Gasteiger partial charge in [0.2, 0.25) is 11.8 Å². The smallest absolute Gasteiger partial charge is 0.242 e. The predicted octanol–water partition coefficient (Wildman–Crippen LogP) is -0.245. The second kappa shape index (κ2) is 7.23. The van der Waals surface area contributed by atoms with Gasteiger partial charge in [-0.15, -0.1) is 0 Å². The Morgan fingerprint density at radius 3 is 2.33 bits per heavy atom. The van der Waals surface area contributed by atoms with Gasteiger partial charge in [-0.1, -0.05) is 13.8 Å². The zero-order valence-electron chi connectivity index (χ0n) is 9.67. The lowest BCUT2D eigenvalue weighted by atomic mass is 10.2. The van der Waals surface area contributed by atoms with Gasteiger partial charge in [-0.25, -0.2) is 0 Å². The number of hydrogen-bond donors (Lipinski definition) is 3. The molecule has 0 rings (SSSR count). The van der Waals surface area contributed by atoms with Crippen LogP contribution in [0.4, 0.5) is 0 Å². The first kappa shape index (κ1) is 13.9. The lowest BCUT2D eigenvalue weighted by molar-refractivity contribution is -0.129. The second-order valence-corrected chi connectivity index (χ2v) is 3.54. The van der Waals surface area contributed by atoms with E-state index in [1.807, 2.05) is 13.8 Å². The third-order valence-electron chi connectivity index (χ3n) is 2.08. The molecule has 5 heteroatoms. The van der Waals surface area contributed by atoms with Crippen LogP contribution in [0.3, 0.4) is 0 Å². The highest BCUT2D eigenvalue weighted by molar-refractivity contribution is 5.89. The van der Waals surface area contributed by atoms with Gasteiger partial charge in [0, 0.05) is 6.54 Å². The molecule has 0 aromatic heterocycles. The highest BCUT2D eigenvalue weighted by atomic mass is 16.2. The Bertz CT molecular complexity index is 219. The minimum atomic E-state index is -0.536. The molecule has 0 aromatic carbocycles. The van der Waals surface area contributed by atoms with Crippen molar-refractivity contribution in [3.63, 3.8) is 0 Å². The lowest BCUT2D eigenvalue weighted by Crippen LogP contribution is -2.50. The fourth-order valence-corrected chi connectivity index (χ4v) is 0.973. The zero-order chi connectivity index (χ0) is 11.8. The monoisotopic (exact) mass is 215 g/mol. The quantitative estimate of drug-likeness (QED) is 0.571. The predicted molar refractivity (Wildman–Crippen MR) is 59.2 cm³/mol. The van der Waals surface area contributed by atoms with E-state index in [4.69, 9.17) is 5.73 Å². The molecule has 0 aliphatic rings. The van der Waals surface area contributed by atoms with Gasteiger partial charge in [0.25, 0.3) is 0 Å². The van der Waals surface area contributed by atoms with Gasteiger partial charge in [0.05, 0.1) is 6.04 Å². The largest absolute Gasteiger partial charge is 0.354 e.